The van der Waals surface area contributed by atoms with Gasteiger partial charge in [0, 0.05) is 12.6 Å². The van der Waals surface area contributed by atoms with Crippen molar-refractivity contribution < 1.29 is 17.2 Å². The van der Waals surface area contributed by atoms with Crippen molar-refractivity contribution in [2.24, 2.45) is 11.8 Å². The summed E-state index contributed by atoms with van der Waals surface area (Å²) >= 11 is 0. The summed E-state index contributed by atoms with van der Waals surface area (Å²) in [6.45, 7) is 2.36. The maximum Gasteiger partial charge on any atom is 0.243 e. The number of hydrogen-bond donors (Lipinski definition) is 2. The van der Waals surface area contributed by atoms with Crippen molar-refractivity contribution in [3.63, 3.8) is 0 Å². The summed E-state index contributed by atoms with van der Waals surface area (Å²) < 4.78 is 53.4. The smallest absolute Gasteiger partial charge is 0.243 e. The molecule has 7 heteroatoms. The fourth-order valence-electron chi connectivity index (χ4n) is 2.74. The average Bonchev–Trinajstić information content (AvgIpc) is 2.42. The van der Waals surface area contributed by atoms with E-state index in [9.17, 15) is 17.2 Å². The van der Waals surface area contributed by atoms with Crippen LogP contribution in [0.1, 0.15) is 32.6 Å². The largest absolute Gasteiger partial charge is 0.396 e. The number of benzene rings is 1. The van der Waals surface area contributed by atoms with E-state index in [0.29, 0.717) is 12.0 Å². The van der Waals surface area contributed by atoms with Gasteiger partial charge in [0.2, 0.25) is 10.0 Å². The van der Waals surface area contributed by atoms with Crippen molar-refractivity contribution in [1.29, 1.82) is 0 Å². The predicted molar refractivity (Wildman–Crippen MR) is 77.1 cm³/mol. The molecule has 0 amide bonds. The van der Waals surface area contributed by atoms with Gasteiger partial charge in [-0.2, -0.15) is 0 Å². The minimum atomic E-state index is -4.02. The predicted octanol–water partition coefficient (Wildman–Crippen LogP) is 2.65. The third-order valence-electron chi connectivity index (χ3n) is 4.17. The van der Waals surface area contributed by atoms with E-state index in [2.05, 4.69) is 11.6 Å². The minimum absolute atomic E-state index is 0.245. The van der Waals surface area contributed by atoms with Crippen LogP contribution in [-0.4, -0.2) is 15.0 Å². The van der Waals surface area contributed by atoms with Crippen molar-refractivity contribution in [3.05, 3.63) is 23.8 Å². The Morgan fingerprint density at radius 1 is 1.24 bits per heavy atom. The van der Waals surface area contributed by atoms with Crippen LogP contribution in [0.4, 0.5) is 14.5 Å². The molecule has 21 heavy (non-hydrogen) atoms. The molecule has 1 aliphatic carbocycles. The van der Waals surface area contributed by atoms with Crippen molar-refractivity contribution in [1.82, 2.24) is 4.72 Å². The van der Waals surface area contributed by atoms with E-state index in [4.69, 9.17) is 5.73 Å². The summed E-state index contributed by atoms with van der Waals surface area (Å²) in [4.78, 5) is -0.607. The number of nitrogen functional groups attached to an aromatic ring is 1. The second-order valence-corrected chi connectivity index (χ2v) is 7.41. The molecule has 0 saturated heterocycles. The van der Waals surface area contributed by atoms with Crippen LogP contribution in [0, 0.1) is 23.5 Å². The topological polar surface area (TPSA) is 72.2 Å². The Hall–Kier alpha value is -1.21. The van der Waals surface area contributed by atoms with Crippen LogP contribution in [0.5, 0.6) is 0 Å². The summed E-state index contributed by atoms with van der Waals surface area (Å²) in [5.74, 6) is -1.42. The lowest BCUT2D eigenvalue weighted by molar-refractivity contribution is 0.257. The Kier molecular flexibility index (Phi) is 4.83. The van der Waals surface area contributed by atoms with Crippen LogP contribution >= 0.6 is 0 Å². The highest BCUT2D eigenvalue weighted by Gasteiger charge is 2.26. The highest BCUT2D eigenvalue weighted by Crippen LogP contribution is 2.29. The quantitative estimate of drug-likeness (QED) is 0.838. The Balaban J connectivity index is 2.13. The summed E-state index contributed by atoms with van der Waals surface area (Å²) in [6, 6.07) is 1.31. The zero-order valence-electron chi connectivity index (χ0n) is 11.9. The van der Waals surface area contributed by atoms with E-state index in [1.54, 1.807) is 0 Å². The monoisotopic (exact) mass is 318 g/mol. The molecule has 4 nitrogen and oxygen atoms in total. The van der Waals surface area contributed by atoms with E-state index in [0.717, 1.165) is 31.7 Å². The van der Waals surface area contributed by atoms with Gasteiger partial charge < -0.3 is 5.73 Å². The van der Waals surface area contributed by atoms with E-state index >= 15 is 0 Å². The number of nitrogens with one attached hydrogen (secondary N) is 1. The molecular formula is C14H20F2N2O2S. The minimum Gasteiger partial charge on any atom is -0.396 e. The number of rotatable bonds is 4. The van der Waals surface area contributed by atoms with Crippen molar-refractivity contribution in [2.45, 2.75) is 37.5 Å². The number of anilines is 1. The standard InChI is InChI=1S/C14H20F2N2O2S/c1-9-4-2-3-5-10(9)8-18-21(19,20)14-7-13(17)11(15)6-12(14)16/h6-7,9-10,18H,2-5,8,17H2,1H3. The molecule has 1 aromatic rings. The third-order valence-corrected chi connectivity index (χ3v) is 5.60. The highest BCUT2D eigenvalue weighted by molar-refractivity contribution is 7.89. The van der Waals surface area contributed by atoms with Crippen LogP contribution in [0.25, 0.3) is 0 Å². The summed E-state index contributed by atoms with van der Waals surface area (Å²) in [5.41, 5.74) is 4.93. The molecule has 0 heterocycles. The summed E-state index contributed by atoms with van der Waals surface area (Å²) in [5, 5.41) is 0. The summed E-state index contributed by atoms with van der Waals surface area (Å²) in [6.07, 6.45) is 4.27. The lowest BCUT2D eigenvalue weighted by Crippen LogP contribution is -2.33. The average molecular weight is 318 g/mol. The first kappa shape index (κ1) is 16.2. The van der Waals surface area contributed by atoms with Crippen molar-refractivity contribution in [3.8, 4) is 0 Å². The van der Waals surface area contributed by atoms with Crippen molar-refractivity contribution >= 4 is 15.7 Å². The molecule has 1 aromatic carbocycles. The Bertz CT molecular complexity index is 620. The zero-order chi connectivity index (χ0) is 15.6. The molecule has 2 rings (SSSR count). The van der Waals surface area contributed by atoms with Gasteiger partial charge >= 0.3 is 0 Å². The fraction of sp³-hybridized carbons (Fsp3) is 0.571. The molecule has 1 aliphatic rings. The maximum atomic E-state index is 13.7. The van der Waals surface area contributed by atoms with Gasteiger partial charge in [-0.1, -0.05) is 26.2 Å². The van der Waals surface area contributed by atoms with Gasteiger partial charge in [0.25, 0.3) is 0 Å². The number of nitrogens with two attached hydrogens (primary N) is 1. The van der Waals surface area contributed by atoms with Crippen LogP contribution in [0.3, 0.4) is 0 Å². The number of halogens is 2. The Morgan fingerprint density at radius 2 is 1.90 bits per heavy atom. The van der Waals surface area contributed by atoms with Crippen LogP contribution in [0.2, 0.25) is 0 Å². The molecule has 1 saturated carbocycles. The van der Waals surface area contributed by atoms with Gasteiger partial charge in [-0.3, -0.25) is 0 Å². The highest BCUT2D eigenvalue weighted by atomic mass is 32.2. The molecular weight excluding hydrogens is 298 g/mol. The molecule has 2 unspecified atom stereocenters. The lowest BCUT2D eigenvalue weighted by atomic mass is 9.81. The van der Waals surface area contributed by atoms with Crippen LogP contribution < -0.4 is 10.5 Å². The van der Waals surface area contributed by atoms with E-state index < -0.39 is 26.6 Å². The van der Waals surface area contributed by atoms with E-state index in [1.165, 1.54) is 0 Å². The number of sulfonamides is 1. The first-order chi connectivity index (χ1) is 9.81. The third kappa shape index (κ3) is 3.71. The second-order valence-electron chi connectivity index (χ2n) is 5.68. The van der Waals surface area contributed by atoms with Gasteiger partial charge in [-0.15, -0.1) is 0 Å². The van der Waals surface area contributed by atoms with E-state index in [1.807, 2.05) is 0 Å². The first-order valence-corrected chi connectivity index (χ1v) is 8.54. The van der Waals surface area contributed by atoms with Crippen LogP contribution in [-0.2, 0) is 10.0 Å². The number of hydrogen-bond acceptors (Lipinski definition) is 3. The lowest BCUT2D eigenvalue weighted by Gasteiger charge is -2.28. The molecule has 118 valence electrons. The van der Waals surface area contributed by atoms with E-state index in [-0.39, 0.29) is 18.2 Å². The Morgan fingerprint density at radius 3 is 2.57 bits per heavy atom. The van der Waals surface area contributed by atoms with Crippen LogP contribution in [0.15, 0.2) is 17.0 Å². The maximum absolute atomic E-state index is 13.7. The van der Waals surface area contributed by atoms with Gasteiger partial charge in [0.1, 0.15) is 16.5 Å². The molecule has 0 aromatic heterocycles. The molecule has 1 fully saturated rings. The van der Waals surface area contributed by atoms with Gasteiger partial charge in [0.05, 0.1) is 5.69 Å². The second kappa shape index (κ2) is 6.27. The molecule has 0 bridgehead atoms. The summed E-state index contributed by atoms with van der Waals surface area (Å²) in [7, 11) is -4.02. The SMILES string of the molecule is CC1CCCCC1CNS(=O)(=O)c1cc(N)c(F)cc1F. The Labute approximate surface area is 123 Å². The fourth-order valence-corrected chi connectivity index (χ4v) is 3.93. The normalized spacial score (nSPS) is 23.2. The van der Waals surface area contributed by atoms with Crippen molar-refractivity contribution in [2.75, 3.05) is 12.3 Å². The molecule has 0 aliphatic heterocycles. The van der Waals surface area contributed by atoms with Gasteiger partial charge in [0.15, 0.2) is 0 Å². The first-order valence-electron chi connectivity index (χ1n) is 7.05. The molecule has 0 spiro atoms. The zero-order valence-corrected chi connectivity index (χ0v) is 12.7. The molecule has 2 atom stereocenters. The van der Waals surface area contributed by atoms with Gasteiger partial charge in [-0.05, 0) is 24.3 Å². The van der Waals surface area contributed by atoms with Gasteiger partial charge in [-0.25, -0.2) is 21.9 Å². The molecule has 3 N–H and O–H groups in total. The molecule has 0 radical (unpaired) electrons.